The Bertz CT molecular complexity index is 948. The molecule has 2 aromatic rings. The van der Waals surface area contributed by atoms with Crippen LogP contribution in [0.5, 0.6) is 0 Å². The molecule has 4 N–H and O–H groups in total. The number of aryl methyl sites for hydroxylation is 1. The van der Waals surface area contributed by atoms with E-state index in [0.29, 0.717) is 11.0 Å². The number of imidazole rings is 1. The first-order valence-electron chi connectivity index (χ1n) is 8.15. The van der Waals surface area contributed by atoms with Crippen LogP contribution < -0.4 is 11.4 Å². The minimum atomic E-state index is -5.19. The lowest BCUT2D eigenvalue weighted by Crippen LogP contribution is -2.44. The number of fused-ring (bicyclic) bond motifs is 1. The first-order chi connectivity index (χ1) is 13.0. The molecule has 9 nitrogen and oxygen atoms in total. The molecule has 3 heterocycles. The number of aliphatic hydroxyl groups is 2. The molecular weight excluding hydrogens is 414 g/mol. The molecule has 0 spiro atoms. The van der Waals surface area contributed by atoms with Crippen LogP contribution in [-0.2, 0) is 11.3 Å². The molecule has 0 amide bonds. The smallest absolute Gasteiger partial charge is 0.385 e. The highest BCUT2D eigenvalue weighted by molar-refractivity contribution is 6.33. The summed E-state index contributed by atoms with van der Waals surface area (Å²) in [6, 6.07) is 0. The van der Waals surface area contributed by atoms with E-state index in [-0.39, 0.29) is 28.8 Å². The quantitative estimate of drug-likeness (QED) is 0.483. The number of hydrogen-bond donors (Lipinski definition) is 3. The van der Waals surface area contributed by atoms with Crippen molar-refractivity contribution < 1.29 is 32.5 Å². The zero-order valence-corrected chi connectivity index (χ0v) is 15.0. The number of nitrogen functional groups attached to an aromatic ring is 1. The summed E-state index contributed by atoms with van der Waals surface area (Å²) in [5, 5.41) is 19.2. The second-order valence-corrected chi connectivity index (χ2v) is 6.62. The van der Waals surface area contributed by atoms with Gasteiger partial charge >= 0.3 is 11.9 Å². The monoisotopic (exact) mass is 429 g/mol. The molecule has 1 fully saturated rings. The van der Waals surface area contributed by atoms with Gasteiger partial charge in [-0.15, -0.1) is 0 Å². The maximum Gasteiger partial charge on any atom is 0.417 e. The summed E-state index contributed by atoms with van der Waals surface area (Å²) in [7, 11) is 0. The van der Waals surface area contributed by atoms with Gasteiger partial charge in [-0.1, -0.05) is 18.5 Å². The Morgan fingerprint density at radius 1 is 1.39 bits per heavy atom. The van der Waals surface area contributed by atoms with Crippen molar-refractivity contribution in [3.63, 3.8) is 0 Å². The number of aliphatic hydroxyl groups excluding tert-OH is 2. The molecule has 1 aliphatic heterocycles. The molecule has 1 saturated heterocycles. The molecule has 1 aliphatic rings. The van der Waals surface area contributed by atoms with Crippen LogP contribution in [0.3, 0.4) is 0 Å². The molecule has 0 saturated carbocycles. The Morgan fingerprint density at radius 3 is 2.61 bits per heavy atom. The number of nitrogens with two attached hydrogens (primary N) is 1. The maximum atomic E-state index is 14.3. The Morgan fingerprint density at radius 2 is 2.04 bits per heavy atom. The number of hydrogen-bond acceptors (Lipinski definition) is 7. The van der Waals surface area contributed by atoms with Crippen molar-refractivity contribution in [2.75, 3.05) is 5.73 Å². The van der Waals surface area contributed by atoms with Crippen molar-refractivity contribution in [3.8, 4) is 0 Å². The van der Waals surface area contributed by atoms with E-state index in [2.05, 4.69) is 9.97 Å². The molecule has 0 radical (unpaired) electrons. The largest absolute Gasteiger partial charge is 0.417 e. The average molecular weight is 430 g/mol. The lowest BCUT2D eigenvalue weighted by molar-refractivity contribution is -0.241. The highest BCUT2D eigenvalue weighted by atomic mass is 35.5. The molecule has 0 aliphatic carbocycles. The van der Waals surface area contributed by atoms with Crippen LogP contribution >= 0.6 is 11.6 Å². The molecule has 0 bridgehead atoms. The molecular formula is C14H16ClF4N5O4. The molecule has 5 atom stereocenters. The highest BCUT2D eigenvalue weighted by Gasteiger charge is 2.56. The van der Waals surface area contributed by atoms with Crippen molar-refractivity contribution in [2.24, 2.45) is 0 Å². The summed E-state index contributed by atoms with van der Waals surface area (Å²) >= 11 is 6.03. The fourth-order valence-electron chi connectivity index (χ4n) is 3.13. The molecule has 3 rings (SSSR count). The summed E-state index contributed by atoms with van der Waals surface area (Å²) in [5.41, 5.74) is 4.43. The number of anilines is 1. The average Bonchev–Trinajstić information content (AvgIpc) is 3.02. The maximum absolute atomic E-state index is 14.3. The minimum absolute atomic E-state index is 0.00810. The van der Waals surface area contributed by atoms with Gasteiger partial charge in [0.1, 0.15) is 17.7 Å². The van der Waals surface area contributed by atoms with E-state index in [1.165, 1.54) is 0 Å². The third-order valence-electron chi connectivity index (χ3n) is 4.35. The van der Waals surface area contributed by atoms with Crippen LogP contribution in [0.1, 0.15) is 19.6 Å². The Labute approximate surface area is 159 Å². The number of ether oxygens (including phenoxy) is 1. The second-order valence-electron chi connectivity index (χ2n) is 6.26. The summed E-state index contributed by atoms with van der Waals surface area (Å²) in [4.78, 5) is 20.4. The first kappa shape index (κ1) is 20.8. The summed E-state index contributed by atoms with van der Waals surface area (Å²) in [6.45, 7) is 1.88. The van der Waals surface area contributed by atoms with E-state index < -0.39 is 42.6 Å². The molecule has 0 unspecified atom stereocenters. The Hall–Kier alpha value is -1.96. The van der Waals surface area contributed by atoms with Crippen LogP contribution in [0.2, 0.25) is 5.15 Å². The van der Waals surface area contributed by atoms with E-state index in [9.17, 15) is 32.6 Å². The second kappa shape index (κ2) is 7.13. The number of aromatic nitrogens is 4. The van der Waals surface area contributed by atoms with Gasteiger partial charge in [0.25, 0.3) is 0 Å². The van der Waals surface area contributed by atoms with E-state index in [4.69, 9.17) is 22.1 Å². The Kier molecular flexibility index (Phi) is 5.29. The third kappa shape index (κ3) is 3.21. The summed E-state index contributed by atoms with van der Waals surface area (Å²) in [6.07, 6.45) is -17.1. The zero-order valence-electron chi connectivity index (χ0n) is 14.3. The van der Waals surface area contributed by atoms with E-state index in [0.717, 1.165) is 4.57 Å². The minimum Gasteiger partial charge on any atom is -0.385 e. The molecule has 2 aromatic heterocycles. The van der Waals surface area contributed by atoms with Gasteiger partial charge in [0.05, 0.1) is 0 Å². The SMILES string of the molecule is CCCn1c(=O)n([C@@H]2O[C@H]([C@@H](O)C(F)(F)F)[C@H](F)[C@H]2O)c2nc(N)nc(Cl)c21. The van der Waals surface area contributed by atoms with Gasteiger partial charge in [-0.25, -0.2) is 13.8 Å². The van der Waals surface area contributed by atoms with Gasteiger partial charge in [0, 0.05) is 6.54 Å². The lowest BCUT2D eigenvalue weighted by Gasteiger charge is -2.22. The number of alkyl halides is 4. The first-order valence-corrected chi connectivity index (χ1v) is 8.53. The van der Waals surface area contributed by atoms with Gasteiger partial charge in [-0.3, -0.25) is 4.57 Å². The topological polar surface area (TPSA) is 128 Å². The van der Waals surface area contributed by atoms with Crippen molar-refractivity contribution >= 4 is 28.7 Å². The van der Waals surface area contributed by atoms with Crippen molar-refractivity contribution in [2.45, 2.75) is 56.8 Å². The highest BCUT2D eigenvalue weighted by Crippen LogP contribution is 2.38. The zero-order chi connectivity index (χ0) is 21.0. The standard InChI is InChI=1S/C14H16ClF4N5O4/c1-2-3-23-5-9(15)21-12(20)22-10(5)24(13(23)27)11-6(25)4(16)7(28-11)8(26)14(17,18)19/h4,6-8,11,25-26H,2-3H2,1H3,(H2,20,21,22)/t4-,6-,7+,8-,11-/m1/s1. The molecule has 0 aromatic carbocycles. The third-order valence-corrected chi connectivity index (χ3v) is 4.62. The number of halogens is 5. The molecule has 28 heavy (non-hydrogen) atoms. The molecule has 156 valence electrons. The lowest BCUT2D eigenvalue weighted by atomic mass is 10.1. The van der Waals surface area contributed by atoms with Gasteiger partial charge < -0.3 is 20.7 Å². The molecule has 14 heteroatoms. The van der Waals surface area contributed by atoms with Crippen LogP contribution in [-0.4, -0.2) is 60.0 Å². The van der Waals surface area contributed by atoms with Crippen LogP contribution in [0.25, 0.3) is 11.2 Å². The fraction of sp³-hybridized carbons (Fsp3) is 0.643. The normalized spacial score (nSPS) is 26.9. The number of rotatable bonds is 4. The van der Waals surface area contributed by atoms with Crippen LogP contribution in [0, 0.1) is 0 Å². The van der Waals surface area contributed by atoms with Crippen molar-refractivity contribution in [1.82, 2.24) is 19.1 Å². The van der Waals surface area contributed by atoms with Crippen LogP contribution in [0.15, 0.2) is 4.79 Å². The fourth-order valence-corrected chi connectivity index (χ4v) is 3.40. The number of nitrogens with zero attached hydrogens (tertiary/aromatic N) is 4. The van der Waals surface area contributed by atoms with E-state index in [1.807, 2.05) is 0 Å². The van der Waals surface area contributed by atoms with Crippen molar-refractivity contribution in [1.29, 1.82) is 0 Å². The summed E-state index contributed by atoms with van der Waals surface area (Å²) in [5.74, 6) is -0.351. The van der Waals surface area contributed by atoms with Crippen molar-refractivity contribution in [3.05, 3.63) is 15.6 Å². The van der Waals surface area contributed by atoms with Crippen LogP contribution in [0.4, 0.5) is 23.5 Å². The van der Waals surface area contributed by atoms with Gasteiger partial charge in [0.2, 0.25) is 5.95 Å². The Balaban J connectivity index is 2.16. The van der Waals surface area contributed by atoms with Gasteiger partial charge in [-0.2, -0.15) is 23.1 Å². The van der Waals surface area contributed by atoms with Gasteiger partial charge in [-0.05, 0) is 6.42 Å². The summed E-state index contributed by atoms with van der Waals surface area (Å²) < 4.78 is 59.3. The van der Waals surface area contributed by atoms with E-state index in [1.54, 1.807) is 6.92 Å². The predicted molar refractivity (Wildman–Crippen MR) is 88.4 cm³/mol. The predicted octanol–water partition coefficient (Wildman–Crippen LogP) is 0.758. The van der Waals surface area contributed by atoms with E-state index >= 15 is 0 Å². The van der Waals surface area contributed by atoms with Gasteiger partial charge in [0.15, 0.2) is 29.3 Å².